The molecule has 1 heterocycles. The summed E-state index contributed by atoms with van der Waals surface area (Å²) in [7, 11) is 0. The van der Waals surface area contributed by atoms with Crippen LogP contribution in [0.5, 0.6) is 0 Å². The molecule has 0 radical (unpaired) electrons. The Hall–Kier alpha value is -2.71. The Morgan fingerprint density at radius 2 is 1.74 bits per heavy atom. The van der Waals surface area contributed by atoms with E-state index in [1.54, 1.807) is 16.7 Å². The number of allylic oxidation sites excluding steroid dienone is 2. The SMILES string of the molecule is C=CCn1c(-c2ccc(C)cc2)c(C#N)c(=O)n(CC=C)c1=S. The first kappa shape index (κ1) is 16.7. The molecule has 1 aromatic heterocycles. The van der Waals surface area contributed by atoms with E-state index in [9.17, 15) is 10.1 Å². The van der Waals surface area contributed by atoms with Crippen LogP contribution in [0.15, 0.2) is 54.4 Å². The van der Waals surface area contributed by atoms with Crippen molar-refractivity contribution in [1.82, 2.24) is 9.13 Å². The van der Waals surface area contributed by atoms with Gasteiger partial charge in [0.15, 0.2) is 4.77 Å². The van der Waals surface area contributed by atoms with Crippen LogP contribution in [0.2, 0.25) is 0 Å². The van der Waals surface area contributed by atoms with Crippen molar-refractivity contribution in [3.63, 3.8) is 0 Å². The molecule has 23 heavy (non-hydrogen) atoms. The van der Waals surface area contributed by atoms with E-state index >= 15 is 0 Å². The monoisotopic (exact) mass is 323 g/mol. The summed E-state index contributed by atoms with van der Waals surface area (Å²) in [6.45, 7) is 10.0. The summed E-state index contributed by atoms with van der Waals surface area (Å²) in [5, 5.41) is 9.53. The van der Waals surface area contributed by atoms with Gasteiger partial charge in [-0.05, 0) is 24.7 Å². The summed E-state index contributed by atoms with van der Waals surface area (Å²) in [4.78, 5) is 12.6. The summed E-state index contributed by atoms with van der Waals surface area (Å²) in [5.74, 6) is 0. The summed E-state index contributed by atoms with van der Waals surface area (Å²) in [6, 6.07) is 9.68. The zero-order valence-corrected chi connectivity index (χ0v) is 13.8. The molecule has 4 nitrogen and oxygen atoms in total. The molecule has 0 amide bonds. The molecule has 0 unspecified atom stereocenters. The highest BCUT2D eigenvalue weighted by Gasteiger charge is 2.17. The van der Waals surface area contributed by atoms with Crippen molar-refractivity contribution in [1.29, 1.82) is 5.26 Å². The van der Waals surface area contributed by atoms with Crippen molar-refractivity contribution >= 4 is 12.2 Å². The van der Waals surface area contributed by atoms with Crippen molar-refractivity contribution in [2.45, 2.75) is 20.0 Å². The predicted molar refractivity (Wildman–Crippen MR) is 94.8 cm³/mol. The van der Waals surface area contributed by atoms with E-state index in [1.807, 2.05) is 37.3 Å². The largest absolute Gasteiger partial charge is 0.313 e. The molecule has 0 spiro atoms. The second-order valence-corrected chi connectivity index (χ2v) is 5.45. The maximum absolute atomic E-state index is 12.6. The van der Waals surface area contributed by atoms with Crippen LogP contribution < -0.4 is 5.56 Å². The average molecular weight is 323 g/mol. The van der Waals surface area contributed by atoms with Crippen molar-refractivity contribution in [2.75, 3.05) is 0 Å². The highest BCUT2D eigenvalue weighted by Crippen LogP contribution is 2.23. The van der Waals surface area contributed by atoms with Crippen molar-refractivity contribution in [2.24, 2.45) is 0 Å². The van der Waals surface area contributed by atoms with Gasteiger partial charge in [0.05, 0.1) is 5.69 Å². The van der Waals surface area contributed by atoms with E-state index in [0.717, 1.165) is 11.1 Å². The van der Waals surface area contributed by atoms with Gasteiger partial charge < -0.3 is 4.57 Å². The van der Waals surface area contributed by atoms with E-state index in [4.69, 9.17) is 12.2 Å². The topological polar surface area (TPSA) is 50.7 Å². The zero-order valence-electron chi connectivity index (χ0n) is 13.0. The molecule has 0 bridgehead atoms. The molecule has 0 saturated heterocycles. The summed E-state index contributed by atoms with van der Waals surface area (Å²) < 4.78 is 3.49. The second kappa shape index (κ2) is 7.03. The quantitative estimate of drug-likeness (QED) is 0.624. The summed E-state index contributed by atoms with van der Waals surface area (Å²) in [5.41, 5.74) is 2.09. The number of nitrogens with zero attached hydrogens (tertiary/aromatic N) is 3. The van der Waals surface area contributed by atoms with Crippen molar-refractivity contribution < 1.29 is 0 Å². The number of hydrogen-bond acceptors (Lipinski definition) is 3. The van der Waals surface area contributed by atoms with Crippen molar-refractivity contribution in [3.05, 3.63) is 75.8 Å². The Labute approximate surface area is 140 Å². The fourth-order valence-corrected chi connectivity index (χ4v) is 2.72. The standard InChI is InChI=1S/C18H17N3OS/c1-4-10-20-16(14-8-6-13(3)7-9-14)15(12-19)17(22)21(11-5-2)18(20)23/h4-9H,1-2,10-11H2,3H3. The lowest BCUT2D eigenvalue weighted by Gasteiger charge is -2.17. The molecule has 0 atom stereocenters. The maximum atomic E-state index is 12.6. The van der Waals surface area contributed by atoms with Crippen LogP contribution in [0, 0.1) is 23.0 Å². The van der Waals surface area contributed by atoms with E-state index in [0.29, 0.717) is 17.0 Å². The lowest BCUT2D eigenvalue weighted by Crippen LogP contribution is -2.28. The fraction of sp³-hybridized carbons (Fsp3) is 0.167. The lowest BCUT2D eigenvalue weighted by molar-refractivity contribution is 0.655. The first-order valence-corrected chi connectivity index (χ1v) is 7.52. The molecule has 1 aromatic carbocycles. The predicted octanol–water partition coefficient (Wildman–Crippen LogP) is 3.60. The minimum Gasteiger partial charge on any atom is -0.313 e. The molecule has 0 aliphatic heterocycles. The van der Waals surface area contributed by atoms with Gasteiger partial charge in [-0.25, -0.2) is 0 Å². The van der Waals surface area contributed by atoms with E-state index in [1.165, 1.54) is 4.57 Å². The molecule has 0 aliphatic rings. The number of rotatable bonds is 5. The molecule has 5 heteroatoms. The molecule has 2 rings (SSSR count). The Kier molecular flexibility index (Phi) is 5.09. The van der Waals surface area contributed by atoms with E-state index in [-0.39, 0.29) is 12.1 Å². The highest BCUT2D eigenvalue weighted by atomic mass is 32.1. The molecule has 116 valence electrons. The Balaban J connectivity index is 2.94. The summed E-state index contributed by atoms with van der Waals surface area (Å²) >= 11 is 5.45. The van der Waals surface area contributed by atoms with Crippen LogP contribution in [0.1, 0.15) is 11.1 Å². The Morgan fingerprint density at radius 3 is 2.26 bits per heavy atom. The van der Waals surface area contributed by atoms with Gasteiger partial charge in [-0.2, -0.15) is 5.26 Å². The van der Waals surface area contributed by atoms with Crippen LogP contribution in [0.4, 0.5) is 0 Å². The molecule has 0 saturated carbocycles. The number of benzene rings is 1. The maximum Gasteiger partial charge on any atom is 0.273 e. The first-order valence-electron chi connectivity index (χ1n) is 7.11. The molecular formula is C18H17N3OS. The molecular weight excluding hydrogens is 306 g/mol. The van der Waals surface area contributed by atoms with Gasteiger partial charge >= 0.3 is 0 Å². The Bertz CT molecular complexity index is 911. The minimum absolute atomic E-state index is 0.0751. The average Bonchev–Trinajstić information content (AvgIpc) is 2.55. The third-order valence-electron chi connectivity index (χ3n) is 3.49. The third kappa shape index (κ3) is 3.08. The van der Waals surface area contributed by atoms with Crippen LogP contribution >= 0.6 is 12.2 Å². The molecule has 0 aliphatic carbocycles. The van der Waals surface area contributed by atoms with Gasteiger partial charge in [0.1, 0.15) is 11.6 Å². The van der Waals surface area contributed by atoms with Gasteiger partial charge in [0, 0.05) is 13.1 Å². The van der Waals surface area contributed by atoms with Crippen molar-refractivity contribution in [3.8, 4) is 17.3 Å². The van der Waals surface area contributed by atoms with E-state index in [2.05, 4.69) is 13.2 Å². The zero-order chi connectivity index (χ0) is 17.0. The highest BCUT2D eigenvalue weighted by molar-refractivity contribution is 7.71. The lowest BCUT2D eigenvalue weighted by atomic mass is 10.1. The fourth-order valence-electron chi connectivity index (χ4n) is 2.40. The van der Waals surface area contributed by atoms with Crippen LogP contribution in [-0.2, 0) is 13.1 Å². The Morgan fingerprint density at radius 1 is 1.17 bits per heavy atom. The van der Waals surface area contributed by atoms with Gasteiger partial charge in [-0.1, -0.05) is 42.0 Å². The third-order valence-corrected chi connectivity index (χ3v) is 3.93. The van der Waals surface area contributed by atoms with Crippen LogP contribution in [0.25, 0.3) is 11.3 Å². The molecule has 2 aromatic rings. The second-order valence-electron chi connectivity index (χ2n) is 5.09. The van der Waals surface area contributed by atoms with Gasteiger partial charge in [0.25, 0.3) is 5.56 Å². The van der Waals surface area contributed by atoms with Crippen LogP contribution in [-0.4, -0.2) is 9.13 Å². The molecule has 0 N–H and O–H groups in total. The van der Waals surface area contributed by atoms with Crippen LogP contribution in [0.3, 0.4) is 0 Å². The molecule has 0 fully saturated rings. The van der Waals surface area contributed by atoms with E-state index < -0.39 is 5.56 Å². The minimum atomic E-state index is -0.395. The first-order chi connectivity index (χ1) is 11.0. The number of aromatic nitrogens is 2. The van der Waals surface area contributed by atoms with Gasteiger partial charge in [-0.3, -0.25) is 9.36 Å². The van der Waals surface area contributed by atoms with Gasteiger partial charge in [0.2, 0.25) is 0 Å². The number of hydrogen-bond donors (Lipinski definition) is 0. The normalized spacial score (nSPS) is 10.1. The smallest absolute Gasteiger partial charge is 0.273 e. The number of nitriles is 1. The van der Waals surface area contributed by atoms with Gasteiger partial charge in [-0.15, -0.1) is 13.2 Å². The summed E-state index contributed by atoms with van der Waals surface area (Å²) in [6.07, 6.45) is 3.28. The number of aryl methyl sites for hydroxylation is 1.